The van der Waals surface area contributed by atoms with E-state index >= 15 is 0 Å². The molecule has 2 nitrogen and oxygen atoms in total. The first-order chi connectivity index (χ1) is 6.74. The van der Waals surface area contributed by atoms with Gasteiger partial charge in [-0.3, -0.25) is 0 Å². The highest BCUT2D eigenvalue weighted by Gasteiger charge is 1.96. The molecule has 0 aromatic heterocycles. The Morgan fingerprint density at radius 3 is 2.86 bits per heavy atom. The van der Waals surface area contributed by atoms with Crippen molar-refractivity contribution in [2.75, 3.05) is 17.6 Å². The summed E-state index contributed by atoms with van der Waals surface area (Å²) in [6, 6.07) is 5.45. The summed E-state index contributed by atoms with van der Waals surface area (Å²) in [7, 11) is 0. The first kappa shape index (κ1) is 10.9. The van der Waals surface area contributed by atoms with Gasteiger partial charge < -0.3 is 11.1 Å². The van der Waals surface area contributed by atoms with Gasteiger partial charge >= 0.3 is 0 Å². The summed E-state index contributed by atoms with van der Waals surface area (Å²) < 4.78 is 0. The Bertz CT molecular complexity index is 321. The second kappa shape index (κ2) is 5.55. The molecular weight excluding hydrogens is 196 g/mol. The zero-order valence-corrected chi connectivity index (χ0v) is 9.01. The molecule has 3 heteroatoms. The molecule has 0 heterocycles. The van der Waals surface area contributed by atoms with E-state index in [9.17, 15) is 0 Å². The minimum Gasteiger partial charge on any atom is -0.397 e. The zero-order valence-electron chi connectivity index (χ0n) is 8.26. The lowest BCUT2D eigenvalue weighted by atomic mass is 10.2. The van der Waals surface area contributed by atoms with Crippen LogP contribution in [0.2, 0.25) is 5.02 Å². The molecule has 0 aliphatic heterocycles. The molecule has 0 saturated heterocycles. The van der Waals surface area contributed by atoms with E-state index in [0.29, 0.717) is 10.7 Å². The lowest BCUT2D eigenvalue weighted by Crippen LogP contribution is -2.01. The van der Waals surface area contributed by atoms with Crippen LogP contribution in [-0.4, -0.2) is 6.54 Å². The smallest absolute Gasteiger partial charge is 0.0577 e. The van der Waals surface area contributed by atoms with Crippen molar-refractivity contribution in [3.8, 4) is 0 Å². The third kappa shape index (κ3) is 3.30. The van der Waals surface area contributed by atoms with Crippen molar-refractivity contribution in [3.63, 3.8) is 0 Å². The number of benzene rings is 1. The van der Waals surface area contributed by atoms with Crippen LogP contribution in [-0.2, 0) is 0 Å². The van der Waals surface area contributed by atoms with Crippen molar-refractivity contribution in [3.05, 3.63) is 35.4 Å². The summed E-state index contributed by atoms with van der Waals surface area (Å²) in [6.07, 6.45) is 5.24. The van der Waals surface area contributed by atoms with Crippen molar-refractivity contribution >= 4 is 23.0 Å². The van der Waals surface area contributed by atoms with Gasteiger partial charge in [-0.15, -0.1) is 0 Å². The molecule has 0 fully saturated rings. The van der Waals surface area contributed by atoms with Gasteiger partial charge in [0.2, 0.25) is 0 Å². The molecule has 0 radical (unpaired) electrons. The Hall–Kier alpha value is -1.15. The number of nitrogen functional groups attached to an aromatic ring is 1. The SMILES string of the molecule is CC/C=C/CNc1ccc(Cl)cc1N. The van der Waals surface area contributed by atoms with Crippen LogP contribution >= 0.6 is 11.6 Å². The molecule has 0 saturated carbocycles. The summed E-state index contributed by atoms with van der Waals surface area (Å²) >= 11 is 5.78. The summed E-state index contributed by atoms with van der Waals surface area (Å²) in [4.78, 5) is 0. The maximum atomic E-state index is 5.78. The average Bonchev–Trinajstić information content (AvgIpc) is 2.15. The van der Waals surface area contributed by atoms with Gasteiger partial charge in [0.25, 0.3) is 0 Å². The van der Waals surface area contributed by atoms with Crippen molar-refractivity contribution in [1.82, 2.24) is 0 Å². The van der Waals surface area contributed by atoms with Crippen molar-refractivity contribution < 1.29 is 0 Å². The van der Waals surface area contributed by atoms with E-state index in [0.717, 1.165) is 18.7 Å². The first-order valence-corrected chi connectivity index (χ1v) is 5.05. The monoisotopic (exact) mass is 210 g/mol. The van der Waals surface area contributed by atoms with Crippen LogP contribution in [0.1, 0.15) is 13.3 Å². The number of anilines is 2. The molecule has 0 bridgehead atoms. The van der Waals surface area contributed by atoms with Crippen LogP contribution in [0.3, 0.4) is 0 Å². The van der Waals surface area contributed by atoms with Crippen molar-refractivity contribution in [2.24, 2.45) is 0 Å². The average molecular weight is 211 g/mol. The molecule has 0 spiro atoms. The van der Waals surface area contributed by atoms with Crippen molar-refractivity contribution in [1.29, 1.82) is 0 Å². The van der Waals surface area contributed by atoms with Gasteiger partial charge in [-0.25, -0.2) is 0 Å². The zero-order chi connectivity index (χ0) is 10.4. The standard InChI is InChI=1S/C11H15ClN2/c1-2-3-4-7-14-11-6-5-9(12)8-10(11)13/h3-6,8,14H,2,7,13H2,1H3/b4-3+. The quantitative estimate of drug-likeness (QED) is 0.591. The van der Waals surface area contributed by atoms with Gasteiger partial charge in [-0.1, -0.05) is 30.7 Å². The molecule has 0 aliphatic carbocycles. The topological polar surface area (TPSA) is 38.0 Å². The highest BCUT2D eigenvalue weighted by atomic mass is 35.5. The minimum atomic E-state index is 0.664. The van der Waals surface area contributed by atoms with E-state index in [1.807, 2.05) is 12.1 Å². The van der Waals surface area contributed by atoms with Crippen LogP contribution < -0.4 is 11.1 Å². The van der Waals surface area contributed by atoms with Crippen LogP contribution in [0, 0.1) is 0 Å². The van der Waals surface area contributed by atoms with E-state index < -0.39 is 0 Å². The maximum Gasteiger partial charge on any atom is 0.0577 e. The lowest BCUT2D eigenvalue weighted by molar-refractivity contribution is 1.20. The molecule has 0 amide bonds. The van der Waals surface area contributed by atoms with Gasteiger partial charge in [0, 0.05) is 11.6 Å². The van der Waals surface area contributed by atoms with Crippen LogP contribution in [0.15, 0.2) is 30.4 Å². The fourth-order valence-corrected chi connectivity index (χ4v) is 1.29. The summed E-state index contributed by atoms with van der Waals surface area (Å²) in [6.45, 7) is 2.90. The highest BCUT2D eigenvalue weighted by Crippen LogP contribution is 2.22. The van der Waals surface area contributed by atoms with E-state index in [1.54, 1.807) is 6.07 Å². The third-order valence-electron chi connectivity index (χ3n) is 1.83. The summed E-state index contributed by atoms with van der Waals surface area (Å²) in [5, 5.41) is 3.87. The number of nitrogens with two attached hydrogens (primary N) is 1. The predicted octanol–water partition coefficient (Wildman–Crippen LogP) is 3.30. The summed E-state index contributed by atoms with van der Waals surface area (Å²) in [5.74, 6) is 0. The number of allylic oxidation sites excluding steroid dienone is 1. The normalized spacial score (nSPS) is 10.7. The van der Waals surface area contributed by atoms with Crippen LogP contribution in [0.25, 0.3) is 0 Å². The molecule has 0 atom stereocenters. The van der Waals surface area contributed by atoms with Crippen LogP contribution in [0.4, 0.5) is 11.4 Å². The number of halogens is 1. The van der Waals surface area contributed by atoms with E-state index in [2.05, 4.69) is 24.4 Å². The minimum absolute atomic E-state index is 0.664. The van der Waals surface area contributed by atoms with E-state index in [4.69, 9.17) is 17.3 Å². The molecule has 76 valence electrons. The van der Waals surface area contributed by atoms with Crippen molar-refractivity contribution in [2.45, 2.75) is 13.3 Å². The molecule has 1 rings (SSSR count). The second-order valence-corrected chi connectivity index (χ2v) is 3.43. The van der Waals surface area contributed by atoms with E-state index in [1.165, 1.54) is 0 Å². The van der Waals surface area contributed by atoms with Gasteiger partial charge in [0.1, 0.15) is 0 Å². The molecule has 0 aliphatic rings. The fourth-order valence-electron chi connectivity index (χ4n) is 1.11. The second-order valence-electron chi connectivity index (χ2n) is 2.99. The van der Waals surface area contributed by atoms with Crippen LogP contribution in [0.5, 0.6) is 0 Å². The van der Waals surface area contributed by atoms with Gasteiger partial charge in [0.05, 0.1) is 11.4 Å². The Kier molecular flexibility index (Phi) is 4.33. The summed E-state index contributed by atoms with van der Waals surface area (Å²) in [5.41, 5.74) is 7.37. The largest absolute Gasteiger partial charge is 0.397 e. The fraction of sp³-hybridized carbons (Fsp3) is 0.273. The molecular formula is C11H15ClN2. The number of rotatable bonds is 4. The molecule has 14 heavy (non-hydrogen) atoms. The Labute approximate surface area is 89.8 Å². The van der Waals surface area contributed by atoms with Gasteiger partial charge in [0.15, 0.2) is 0 Å². The molecule has 1 aromatic carbocycles. The predicted molar refractivity (Wildman–Crippen MR) is 63.8 cm³/mol. The number of hydrogen-bond acceptors (Lipinski definition) is 2. The molecule has 1 aromatic rings. The highest BCUT2D eigenvalue weighted by molar-refractivity contribution is 6.31. The Balaban J connectivity index is 2.55. The van der Waals surface area contributed by atoms with E-state index in [-0.39, 0.29) is 0 Å². The first-order valence-electron chi connectivity index (χ1n) is 4.68. The number of hydrogen-bond donors (Lipinski definition) is 2. The Morgan fingerprint density at radius 1 is 1.43 bits per heavy atom. The third-order valence-corrected chi connectivity index (χ3v) is 2.06. The lowest BCUT2D eigenvalue weighted by Gasteiger charge is -2.06. The maximum absolute atomic E-state index is 5.78. The van der Waals surface area contributed by atoms with Gasteiger partial charge in [-0.05, 0) is 24.6 Å². The molecule has 3 N–H and O–H groups in total. The van der Waals surface area contributed by atoms with Gasteiger partial charge in [-0.2, -0.15) is 0 Å². The molecule has 0 unspecified atom stereocenters. The Morgan fingerprint density at radius 2 is 2.21 bits per heavy atom. The number of nitrogens with one attached hydrogen (secondary N) is 1.